The van der Waals surface area contributed by atoms with Crippen LogP contribution in [0.3, 0.4) is 0 Å². The van der Waals surface area contributed by atoms with Crippen LogP contribution in [0.2, 0.25) is 0 Å². The van der Waals surface area contributed by atoms with Gasteiger partial charge in [-0.3, -0.25) is 0 Å². The van der Waals surface area contributed by atoms with Crippen LogP contribution >= 0.6 is 11.8 Å². The summed E-state index contributed by atoms with van der Waals surface area (Å²) in [6, 6.07) is 3.93. The molecule has 1 heterocycles. The molecule has 100 valence electrons. The molecule has 2 atom stereocenters. The highest BCUT2D eigenvalue weighted by Gasteiger charge is 2.35. The molecule has 0 aromatic heterocycles. The fourth-order valence-electron chi connectivity index (χ4n) is 1.90. The molecule has 1 aliphatic heterocycles. The first-order valence-corrected chi connectivity index (χ1v) is 6.51. The Hall–Kier alpha value is -0.880. The van der Waals surface area contributed by atoms with Gasteiger partial charge in [0.2, 0.25) is 0 Å². The minimum atomic E-state index is -4.37. The normalized spacial score (nSPS) is 24.4. The number of ether oxygens (including phenoxy) is 1. The zero-order valence-corrected chi connectivity index (χ0v) is 10.6. The molecule has 2 rings (SSSR count). The summed E-state index contributed by atoms with van der Waals surface area (Å²) in [5.41, 5.74) is 4.89. The summed E-state index contributed by atoms with van der Waals surface area (Å²) in [5.74, 6) is 0. The summed E-state index contributed by atoms with van der Waals surface area (Å²) in [4.78, 5) is 0.221. The monoisotopic (exact) mass is 277 g/mol. The Balaban J connectivity index is 2.27. The van der Waals surface area contributed by atoms with Crippen LogP contribution < -0.4 is 5.73 Å². The summed E-state index contributed by atoms with van der Waals surface area (Å²) in [5, 5.41) is 0.0646. The largest absolute Gasteiger partial charge is 0.417 e. The number of hydrogen-bond acceptors (Lipinski definition) is 3. The van der Waals surface area contributed by atoms with Crippen molar-refractivity contribution in [3.63, 3.8) is 0 Å². The average molecular weight is 277 g/mol. The molecule has 18 heavy (non-hydrogen) atoms. The number of nitrogens with two attached hydrogens (primary N) is 1. The van der Waals surface area contributed by atoms with Crippen molar-refractivity contribution >= 4 is 17.4 Å². The maximum Gasteiger partial charge on any atom is 0.417 e. The van der Waals surface area contributed by atoms with Gasteiger partial charge < -0.3 is 10.5 Å². The van der Waals surface area contributed by atoms with Crippen molar-refractivity contribution in [2.45, 2.75) is 35.8 Å². The summed E-state index contributed by atoms with van der Waals surface area (Å²) in [6.45, 7) is 2.49. The van der Waals surface area contributed by atoms with E-state index >= 15 is 0 Å². The van der Waals surface area contributed by atoms with Gasteiger partial charge >= 0.3 is 6.18 Å². The molecule has 2 N–H and O–H groups in total. The SMILES string of the molecule is CC1OCCC1Sc1ccc(N)cc1C(F)(F)F. The number of halogens is 3. The van der Waals surface area contributed by atoms with E-state index in [1.54, 1.807) is 0 Å². The first-order chi connectivity index (χ1) is 8.38. The molecule has 1 aromatic carbocycles. The zero-order valence-electron chi connectivity index (χ0n) is 9.83. The summed E-state index contributed by atoms with van der Waals surface area (Å²) >= 11 is 1.22. The van der Waals surface area contributed by atoms with E-state index in [1.165, 1.54) is 23.9 Å². The van der Waals surface area contributed by atoms with E-state index in [2.05, 4.69) is 0 Å². The van der Waals surface area contributed by atoms with E-state index < -0.39 is 11.7 Å². The molecule has 2 unspecified atom stereocenters. The van der Waals surface area contributed by atoms with Crippen molar-refractivity contribution in [2.24, 2.45) is 0 Å². The minimum absolute atomic E-state index is 0.0198. The number of hydrogen-bond donors (Lipinski definition) is 1. The number of rotatable bonds is 2. The Kier molecular flexibility index (Phi) is 3.77. The number of benzene rings is 1. The van der Waals surface area contributed by atoms with E-state index in [9.17, 15) is 13.2 Å². The van der Waals surface area contributed by atoms with Gasteiger partial charge in [-0.25, -0.2) is 0 Å². The summed E-state index contributed by atoms with van der Waals surface area (Å²) in [6.07, 6.45) is -3.62. The molecule has 1 aliphatic rings. The fourth-order valence-corrected chi connectivity index (χ4v) is 3.16. The maximum atomic E-state index is 12.9. The number of nitrogen functional groups attached to an aromatic ring is 1. The van der Waals surface area contributed by atoms with Crippen molar-refractivity contribution in [1.29, 1.82) is 0 Å². The Morgan fingerprint density at radius 1 is 1.39 bits per heavy atom. The molecular formula is C12H14F3NOS. The van der Waals surface area contributed by atoms with Crippen molar-refractivity contribution in [3.05, 3.63) is 23.8 Å². The van der Waals surface area contributed by atoms with Gasteiger partial charge in [-0.1, -0.05) is 0 Å². The van der Waals surface area contributed by atoms with Crippen LogP contribution in [-0.2, 0) is 10.9 Å². The molecule has 6 heteroatoms. The van der Waals surface area contributed by atoms with Crippen LogP contribution in [0, 0.1) is 0 Å². The van der Waals surface area contributed by atoms with Crippen molar-refractivity contribution in [2.75, 3.05) is 12.3 Å². The van der Waals surface area contributed by atoms with Gasteiger partial charge in [0.15, 0.2) is 0 Å². The van der Waals surface area contributed by atoms with Crippen molar-refractivity contribution < 1.29 is 17.9 Å². The van der Waals surface area contributed by atoms with Crippen LogP contribution in [0.1, 0.15) is 18.9 Å². The lowest BCUT2D eigenvalue weighted by Gasteiger charge is -2.18. The lowest BCUT2D eigenvalue weighted by Crippen LogP contribution is -2.15. The second-order valence-corrected chi connectivity index (χ2v) is 5.56. The molecule has 0 saturated carbocycles. The van der Waals surface area contributed by atoms with Crippen LogP contribution in [0.15, 0.2) is 23.1 Å². The second kappa shape index (κ2) is 5.01. The third-order valence-electron chi connectivity index (χ3n) is 2.89. The topological polar surface area (TPSA) is 35.2 Å². The van der Waals surface area contributed by atoms with E-state index in [-0.39, 0.29) is 21.9 Å². The number of alkyl halides is 3. The molecule has 0 radical (unpaired) electrons. The molecule has 1 fully saturated rings. The highest BCUT2D eigenvalue weighted by molar-refractivity contribution is 8.00. The molecule has 0 amide bonds. The Morgan fingerprint density at radius 2 is 2.11 bits per heavy atom. The highest BCUT2D eigenvalue weighted by Crippen LogP contribution is 2.41. The first-order valence-electron chi connectivity index (χ1n) is 5.63. The third kappa shape index (κ3) is 2.92. The Bertz CT molecular complexity index is 436. The highest BCUT2D eigenvalue weighted by atomic mass is 32.2. The predicted octanol–water partition coefficient (Wildman–Crippen LogP) is 3.56. The van der Waals surface area contributed by atoms with Crippen LogP contribution in [0.25, 0.3) is 0 Å². The predicted molar refractivity (Wildman–Crippen MR) is 65.5 cm³/mol. The lowest BCUT2D eigenvalue weighted by atomic mass is 10.2. The van der Waals surface area contributed by atoms with Gasteiger partial charge in [0.1, 0.15) is 0 Å². The smallest absolute Gasteiger partial charge is 0.399 e. The summed E-state index contributed by atoms with van der Waals surface area (Å²) < 4.78 is 44.1. The molecule has 0 bridgehead atoms. The van der Waals surface area contributed by atoms with E-state index in [1.807, 2.05) is 6.92 Å². The average Bonchev–Trinajstić information content (AvgIpc) is 2.66. The maximum absolute atomic E-state index is 12.9. The quantitative estimate of drug-likeness (QED) is 0.840. The molecule has 0 aliphatic carbocycles. The number of thioether (sulfide) groups is 1. The van der Waals surface area contributed by atoms with Gasteiger partial charge in [0, 0.05) is 22.4 Å². The molecule has 0 spiro atoms. The van der Waals surface area contributed by atoms with Gasteiger partial charge in [-0.15, -0.1) is 11.8 Å². The molecular weight excluding hydrogens is 263 g/mol. The van der Waals surface area contributed by atoms with Crippen molar-refractivity contribution in [1.82, 2.24) is 0 Å². The zero-order chi connectivity index (χ0) is 13.3. The van der Waals surface area contributed by atoms with Crippen molar-refractivity contribution in [3.8, 4) is 0 Å². The van der Waals surface area contributed by atoms with Gasteiger partial charge in [0.25, 0.3) is 0 Å². The first kappa shape index (κ1) is 13.5. The van der Waals surface area contributed by atoms with Crippen LogP contribution in [-0.4, -0.2) is 18.0 Å². The standard InChI is InChI=1S/C12H14F3NOS/c1-7-10(4-5-17-7)18-11-3-2-8(16)6-9(11)12(13,14)15/h2-3,6-7,10H,4-5,16H2,1H3. The van der Waals surface area contributed by atoms with Gasteiger partial charge in [-0.2, -0.15) is 13.2 Å². The molecule has 1 aromatic rings. The lowest BCUT2D eigenvalue weighted by molar-refractivity contribution is -0.139. The Morgan fingerprint density at radius 3 is 2.67 bits per heavy atom. The van der Waals surface area contributed by atoms with E-state index in [4.69, 9.17) is 10.5 Å². The fraction of sp³-hybridized carbons (Fsp3) is 0.500. The number of anilines is 1. The summed E-state index contributed by atoms with van der Waals surface area (Å²) in [7, 11) is 0. The van der Waals surface area contributed by atoms with Gasteiger partial charge in [-0.05, 0) is 31.5 Å². The van der Waals surface area contributed by atoms with Crippen LogP contribution in [0.5, 0.6) is 0 Å². The van der Waals surface area contributed by atoms with Crippen LogP contribution in [0.4, 0.5) is 18.9 Å². The minimum Gasteiger partial charge on any atom is -0.399 e. The molecule has 1 saturated heterocycles. The van der Waals surface area contributed by atoms with Gasteiger partial charge in [0.05, 0.1) is 11.7 Å². The molecule has 2 nitrogen and oxygen atoms in total. The van der Waals surface area contributed by atoms with E-state index in [0.717, 1.165) is 12.5 Å². The second-order valence-electron chi connectivity index (χ2n) is 4.27. The Labute approximate surface area is 108 Å². The van der Waals surface area contributed by atoms with E-state index in [0.29, 0.717) is 6.61 Å². The third-order valence-corrected chi connectivity index (χ3v) is 4.43.